The van der Waals surface area contributed by atoms with E-state index in [1.165, 1.54) is 19.4 Å². The molecule has 5 nitrogen and oxygen atoms in total. The van der Waals surface area contributed by atoms with Gasteiger partial charge in [-0.2, -0.15) is 0 Å². The summed E-state index contributed by atoms with van der Waals surface area (Å²) in [5.41, 5.74) is 0. The van der Waals surface area contributed by atoms with Crippen LogP contribution in [0.4, 0.5) is 0 Å². The van der Waals surface area contributed by atoms with Crippen molar-refractivity contribution >= 4 is 5.91 Å². The summed E-state index contributed by atoms with van der Waals surface area (Å²) >= 11 is 0. The van der Waals surface area contributed by atoms with Crippen molar-refractivity contribution in [3.05, 3.63) is 0 Å². The first kappa shape index (κ1) is 13.8. The lowest BCUT2D eigenvalue weighted by Gasteiger charge is -2.33. The van der Waals surface area contributed by atoms with Crippen molar-refractivity contribution in [1.29, 1.82) is 0 Å². The molecule has 1 amide bonds. The smallest absolute Gasteiger partial charge is 0.239 e. The molecular formula is C13H25N3O2. The largest absolute Gasteiger partial charge is 0.378 e. The Labute approximate surface area is 109 Å². The highest BCUT2D eigenvalue weighted by Gasteiger charge is 2.27. The van der Waals surface area contributed by atoms with Gasteiger partial charge >= 0.3 is 0 Å². The fraction of sp³-hybridized carbons (Fsp3) is 0.923. The molecule has 5 heteroatoms. The fourth-order valence-electron chi connectivity index (χ4n) is 2.77. The Morgan fingerprint density at radius 2 is 2.22 bits per heavy atom. The minimum atomic E-state index is -0.111. The third-order valence-electron chi connectivity index (χ3n) is 3.99. The Balaban J connectivity index is 1.73. The molecule has 0 spiro atoms. The van der Waals surface area contributed by atoms with E-state index < -0.39 is 0 Å². The molecule has 18 heavy (non-hydrogen) atoms. The molecule has 2 fully saturated rings. The molecule has 104 valence electrons. The minimum absolute atomic E-state index is 0.111. The van der Waals surface area contributed by atoms with E-state index in [1.807, 2.05) is 7.05 Å². The highest BCUT2D eigenvalue weighted by Crippen LogP contribution is 2.14. The first-order valence-electron chi connectivity index (χ1n) is 6.91. The molecule has 0 bridgehead atoms. The predicted molar refractivity (Wildman–Crippen MR) is 70.5 cm³/mol. The molecule has 0 aromatic heterocycles. The van der Waals surface area contributed by atoms with Crippen molar-refractivity contribution < 1.29 is 9.53 Å². The summed E-state index contributed by atoms with van der Waals surface area (Å²) in [5.74, 6) is 0.716. The van der Waals surface area contributed by atoms with E-state index in [2.05, 4.69) is 22.2 Å². The number of rotatable bonds is 3. The van der Waals surface area contributed by atoms with Crippen molar-refractivity contribution in [3.63, 3.8) is 0 Å². The Kier molecular flexibility index (Phi) is 4.97. The lowest BCUT2D eigenvalue weighted by Crippen LogP contribution is -2.53. The zero-order chi connectivity index (χ0) is 13.0. The number of hydrogen-bond donors (Lipinski definition) is 1. The third kappa shape index (κ3) is 3.67. The molecule has 0 radical (unpaired) electrons. The number of carbonyl (C=O) groups is 1. The molecule has 0 saturated carbocycles. The van der Waals surface area contributed by atoms with Crippen LogP contribution >= 0.6 is 0 Å². The molecule has 2 aliphatic heterocycles. The van der Waals surface area contributed by atoms with E-state index in [4.69, 9.17) is 4.74 Å². The van der Waals surface area contributed by atoms with E-state index in [-0.39, 0.29) is 11.9 Å². The monoisotopic (exact) mass is 255 g/mol. The van der Waals surface area contributed by atoms with Gasteiger partial charge in [0.25, 0.3) is 0 Å². The molecule has 2 rings (SSSR count). The fourth-order valence-corrected chi connectivity index (χ4v) is 2.77. The Hall–Kier alpha value is -0.650. The van der Waals surface area contributed by atoms with Gasteiger partial charge in [-0.05, 0) is 39.4 Å². The number of hydrogen-bond acceptors (Lipinski definition) is 4. The van der Waals surface area contributed by atoms with Gasteiger partial charge in [0.2, 0.25) is 5.91 Å². The average Bonchev–Trinajstić information content (AvgIpc) is 2.37. The van der Waals surface area contributed by atoms with Crippen LogP contribution in [-0.4, -0.2) is 75.2 Å². The third-order valence-corrected chi connectivity index (χ3v) is 3.99. The summed E-state index contributed by atoms with van der Waals surface area (Å²) in [7, 11) is 4.14. The van der Waals surface area contributed by atoms with Gasteiger partial charge in [-0.15, -0.1) is 0 Å². The maximum Gasteiger partial charge on any atom is 0.239 e. The normalized spacial score (nSPS) is 31.2. The topological polar surface area (TPSA) is 44.8 Å². The number of likely N-dealkylation sites (N-methyl/N-ethyl adjacent to an activating group) is 1. The number of amides is 1. The van der Waals surface area contributed by atoms with Gasteiger partial charge in [0.15, 0.2) is 0 Å². The number of nitrogens with one attached hydrogen (secondary N) is 1. The zero-order valence-corrected chi connectivity index (χ0v) is 11.5. The van der Waals surface area contributed by atoms with Crippen molar-refractivity contribution in [2.24, 2.45) is 5.92 Å². The second-order valence-electron chi connectivity index (χ2n) is 5.59. The van der Waals surface area contributed by atoms with Gasteiger partial charge < -0.3 is 15.0 Å². The number of nitrogens with zero attached hydrogens (tertiary/aromatic N) is 2. The standard InChI is InChI=1S/C13H25N3O2/c1-15-5-3-4-11(9-15)8-14-13(17)12-10-18-7-6-16(12)2/h11-12H,3-10H2,1-2H3,(H,14,17). The van der Waals surface area contributed by atoms with Crippen LogP contribution in [0.15, 0.2) is 0 Å². The molecule has 1 N–H and O–H groups in total. The number of piperidine rings is 1. The van der Waals surface area contributed by atoms with Gasteiger partial charge in [0.05, 0.1) is 13.2 Å². The first-order valence-corrected chi connectivity index (χ1v) is 6.91. The van der Waals surface area contributed by atoms with Gasteiger partial charge in [-0.25, -0.2) is 0 Å². The second-order valence-corrected chi connectivity index (χ2v) is 5.59. The maximum absolute atomic E-state index is 12.1. The SMILES string of the molecule is CN1CCCC(CNC(=O)C2COCCN2C)C1. The Morgan fingerprint density at radius 1 is 1.39 bits per heavy atom. The molecule has 2 saturated heterocycles. The van der Waals surface area contributed by atoms with Gasteiger partial charge in [-0.1, -0.05) is 0 Å². The molecular weight excluding hydrogens is 230 g/mol. The molecule has 0 aromatic carbocycles. The number of likely N-dealkylation sites (tertiary alicyclic amines) is 1. The molecule has 2 unspecified atom stereocenters. The van der Waals surface area contributed by atoms with Gasteiger partial charge in [0.1, 0.15) is 6.04 Å². The van der Waals surface area contributed by atoms with E-state index in [9.17, 15) is 4.79 Å². The molecule has 0 aliphatic carbocycles. The predicted octanol–water partition coefficient (Wildman–Crippen LogP) is -0.225. The Bertz CT molecular complexity index is 285. The van der Waals surface area contributed by atoms with Crippen LogP contribution in [0.1, 0.15) is 12.8 Å². The van der Waals surface area contributed by atoms with Crippen LogP contribution in [0.2, 0.25) is 0 Å². The van der Waals surface area contributed by atoms with Crippen LogP contribution in [0.5, 0.6) is 0 Å². The van der Waals surface area contributed by atoms with Crippen molar-refractivity contribution in [1.82, 2.24) is 15.1 Å². The van der Waals surface area contributed by atoms with Crippen LogP contribution in [0.25, 0.3) is 0 Å². The summed E-state index contributed by atoms with van der Waals surface area (Å²) in [6.45, 7) is 5.17. The molecule has 2 atom stereocenters. The van der Waals surface area contributed by atoms with Gasteiger partial charge in [-0.3, -0.25) is 9.69 Å². The van der Waals surface area contributed by atoms with E-state index in [1.54, 1.807) is 0 Å². The lowest BCUT2D eigenvalue weighted by molar-refractivity contribution is -0.131. The molecule has 2 aliphatic rings. The van der Waals surface area contributed by atoms with E-state index in [0.717, 1.165) is 26.2 Å². The Morgan fingerprint density at radius 3 is 2.94 bits per heavy atom. The zero-order valence-electron chi connectivity index (χ0n) is 11.5. The number of ether oxygens (including phenoxy) is 1. The summed E-state index contributed by atoms with van der Waals surface area (Å²) in [6.07, 6.45) is 2.46. The minimum Gasteiger partial charge on any atom is -0.378 e. The van der Waals surface area contributed by atoms with E-state index >= 15 is 0 Å². The quantitative estimate of drug-likeness (QED) is 0.757. The highest BCUT2D eigenvalue weighted by molar-refractivity contribution is 5.81. The second kappa shape index (κ2) is 6.50. The lowest BCUT2D eigenvalue weighted by atomic mass is 9.98. The summed E-state index contributed by atoms with van der Waals surface area (Å²) in [4.78, 5) is 16.5. The van der Waals surface area contributed by atoms with Crippen molar-refractivity contribution in [2.75, 3.05) is 53.5 Å². The highest BCUT2D eigenvalue weighted by atomic mass is 16.5. The van der Waals surface area contributed by atoms with Crippen LogP contribution in [0.3, 0.4) is 0 Å². The first-order chi connectivity index (χ1) is 8.66. The summed E-state index contributed by atoms with van der Waals surface area (Å²) in [6, 6.07) is -0.111. The molecule has 0 aromatic rings. The average molecular weight is 255 g/mol. The van der Waals surface area contributed by atoms with Crippen molar-refractivity contribution in [3.8, 4) is 0 Å². The molecule has 2 heterocycles. The summed E-state index contributed by atoms with van der Waals surface area (Å²) in [5, 5.41) is 3.09. The van der Waals surface area contributed by atoms with Crippen molar-refractivity contribution in [2.45, 2.75) is 18.9 Å². The van der Waals surface area contributed by atoms with E-state index in [0.29, 0.717) is 12.5 Å². The van der Waals surface area contributed by atoms with Gasteiger partial charge in [0, 0.05) is 19.6 Å². The number of morpholine rings is 1. The summed E-state index contributed by atoms with van der Waals surface area (Å²) < 4.78 is 5.37. The van der Waals surface area contributed by atoms with Crippen LogP contribution in [-0.2, 0) is 9.53 Å². The van der Waals surface area contributed by atoms with Crippen LogP contribution in [0, 0.1) is 5.92 Å². The van der Waals surface area contributed by atoms with Crippen LogP contribution < -0.4 is 5.32 Å². The number of carbonyl (C=O) groups excluding carboxylic acids is 1. The maximum atomic E-state index is 12.1.